The molecule has 0 bridgehead atoms. The number of amidine groups is 1. The van der Waals surface area contributed by atoms with Crippen LogP contribution in [0.4, 0.5) is 10.1 Å². The molecule has 0 amide bonds. The lowest BCUT2D eigenvalue weighted by atomic mass is 9.84. The van der Waals surface area contributed by atoms with Gasteiger partial charge in [0.2, 0.25) is 0 Å². The maximum Gasteiger partial charge on any atom is 0.197 e. The van der Waals surface area contributed by atoms with Gasteiger partial charge in [-0.3, -0.25) is 10.2 Å². The summed E-state index contributed by atoms with van der Waals surface area (Å²) in [6.45, 7) is 14.6. The summed E-state index contributed by atoms with van der Waals surface area (Å²) in [7, 11) is 1.63. The Morgan fingerprint density at radius 1 is 1.14 bits per heavy atom. The number of rotatable bonds is 10. The maximum atomic E-state index is 15.4. The van der Waals surface area contributed by atoms with Crippen molar-refractivity contribution in [1.82, 2.24) is 4.90 Å². The van der Waals surface area contributed by atoms with E-state index in [2.05, 4.69) is 26.1 Å². The second-order valence-electron chi connectivity index (χ2n) is 10.2. The van der Waals surface area contributed by atoms with E-state index in [1.165, 1.54) is 0 Å². The molecule has 2 N–H and O–H groups in total. The average molecular weight is 500 g/mol. The monoisotopic (exact) mass is 499 g/mol. The van der Waals surface area contributed by atoms with Crippen LogP contribution >= 0.6 is 0 Å². The molecule has 1 heterocycles. The van der Waals surface area contributed by atoms with E-state index in [0.717, 1.165) is 11.3 Å². The molecule has 0 aromatic heterocycles. The fraction of sp³-hybridized carbons (Fsp3) is 0.500. The molecule has 0 radical (unpaired) electrons. The van der Waals surface area contributed by atoms with Gasteiger partial charge in [-0.2, -0.15) is 0 Å². The lowest BCUT2D eigenvalue weighted by molar-refractivity contribution is 0.0962. The quantitative estimate of drug-likeness (QED) is 0.404. The van der Waals surface area contributed by atoms with E-state index in [1.807, 2.05) is 26.8 Å². The van der Waals surface area contributed by atoms with Gasteiger partial charge in [-0.1, -0.05) is 20.8 Å². The van der Waals surface area contributed by atoms with Crippen molar-refractivity contribution in [3.05, 3.63) is 46.3 Å². The molecule has 2 aromatic rings. The van der Waals surface area contributed by atoms with Gasteiger partial charge < -0.3 is 24.4 Å². The first-order valence-corrected chi connectivity index (χ1v) is 12.4. The normalized spacial score (nSPS) is 13.2. The lowest BCUT2D eigenvalue weighted by Gasteiger charge is -2.26. The highest BCUT2D eigenvalue weighted by Crippen LogP contribution is 2.40. The molecule has 3 rings (SSSR count). The van der Waals surface area contributed by atoms with Crippen LogP contribution in [0.25, 0.3) is 0 Å². The number of ketones is 1. The first-order valence-electron chi connectivity index (χ1n) is 12.4. The summed E-state index contributed by atoms with van der Waals surface area (Å²) in [5.74, 6) is 0.202. The van der Waals surface area contributed by atoms with Gasteiger partial charge in [-0.05, 0) is 56.9 Å². The number of nitrogens with one attached hydrogen (secondary N) is 2. The van der Waals surface area contributed by atoms with Crippen LogP contribution in [0.15, 0.2) is 18.2 Å². The summed E-state index contributed by atoms with van der Waals surface area (Å²) < 4.78 is 32.2. The number of hydrogen-bond acceptors (Lipinski definition) is 6. The van der Waals surface area contributed by atoms with Crippen LogP contribution in [0.5, 0.6) is 17.2 Å². The van der Waals surface area contributed by atoms with E-state index in [0.29, 0.717) is 29.2 Å². The molecule has 0 saturated heterocycles. The molecule has 2 aromatic carbocycles. The fourth-order valence-electron chi connectivity index (χ4n) is 4.41. The molecule has 8 heteroatoms. The Hall–Kier alpha value is -3.29. The van der Waals surface area contributed by atoms with Gasteiger partial charge >= 0.3 is 0 Å². The minimum Gasteiger partial charge on any atom is -0.494 e. The number of benzene rings is 2. The van der Waals surface area contributed by atoms with Crippen molar-refractivity contribution < 1.29 is 23.4 Å². The summed E-state index contributed by atoms with van der Waals surface area (Å²) in [5.41, 5.74) is 2.66. The minimum atomic E-state index is -0.624. The smallest absolute Gasteiger partial charge is 0.197 e. The first kappa shape index (κ1) is 27.3. The molecule has 0 atom stereocenters. The molecular formula is C28H38FN3O4. The molecule has 1 aliphatic rings. The van der Waals surface area contributed by atoms with Gasteiger partial charge in [-0.25, -0.2) is 4.39 Å². The number of Topliss-reactive ketones (excluding diaryl/α,β-unsaturated/α-hetero) is 1. The second kappa shape index (κ2) is 10.8. The summed E-state index contributed by atoms with van der Waals surface area (Å²) in [4.78, 5) is 15.1. The van der Waals surface area contributed by atoms with Crippen molar-refractivity contribution in [2.45, 2.75) is 66.5 Å². The zero-order chi connectivity index (χ0) is 26.8. The highest BCUT2D eigenvalue weighted by molar-refractivity contribution is 6.06. The van der Waals surface area contributed by atoms with Crippen LogP contribution in [-0.2, 0) is 12.0 Å². The molecule has 1 aliphatic heterocycles. The van der Waals surface area contributed by atoms with E-state index in [1.54, 1.807) is 31.1 Å². The predicted octanol–water partition coefficient (Wildman–Crippen LogP) is 5.77. The van der Waals surface area contributed by atoms with E-state index < -0.39 is 5.82 Å². The molecule has 36 heavy (non-hydrogen) atoms. The maximum absolute atomic E-state index is 15.4. The van der Waals surface area contributed by atoms with Crippen LogP contribution in [0.3, 0.4) is 0 Å². The van der Waals surface area contributed by atoms with Crippen LogP contribution in [-0.4, -0.2) is 49.4 Å². The third-order valence-corrected chi connectivity index (χ3v) is 5.97. The number of methoxy groups -OCH3 is 1. The van der Waals surface area contributed by atoms with Crippen molar-refractivity contribution in [2.75, 3.05) is 32.2 Å². The number of halogens is 1. The Labute approximate surface area is 213 Å². The number of fused-ring (bicyclic) bond motifs is 1. The fourth-order valence-corrected chi connectivity index (χ4v) is 4.41. The molecule has 7 nitrogen and oxygen atoms in total. The molecule has 0 spiro atoms. The number of hydrogen-bond donors (Lipinski definition) is 2. The minimum absolute atomic E-state index is 0.00500. The molecule has 0 saturated carbocycles. The highest BCUT2D eigenvalue weighted by atomic mass is 19.1. The lowest BCUT2D eigenvalue weighted by Crippen LogP contribution is -2.31. The standard InChI is InChI=1S/C28H38FN3O4/c1-9-35-22-13-18-14-32(27(30)23(18)24(29)26(22)36-10-2)15-21(33)17-11-19(28(5,6)7)25(34-8)20(12-17)31-16(3)4/h11-13,16,30-31H,9-10,14-15H2,1-8H3. The summed E-state index contributed by atoms with van der Waals surface area (Å²) in [6, 6.07) is 5.51. The summed E-state index contributed by atoms with van der Waals surface area (Å²) >= 11 is 0. The zero-order valence-electron chi connectivity index (χ0n) is 22.6. The third-order valence-electron chi connectivity index (χ3n) is 5.97. The molecule has 0 fully saturated rings. The number of carbonyl (C=O) groups is 1. The van der Waals surface area contributed by atoms with E-state index in [9.17, 15) is 4.79 Å². The third kappa shape index (κ3) is 5.42. The zero-order valence-corrected chi connectivity index (χ0v) is 22.6. The predicted molar refractivity (Wildman–Crippen MR) is 141 cm³/mol. The van der Waals surface area contributed by atoms with Gasteiger partial charge in [-0.15, -0.1) is 0 Å². The van der Waals surface area contributed by atoms with E-state index >= 15 is 4.39 Å². The number of ether oxygens (including phenoxy) is 3. The van der Waals surface area contributed by atoms with Gasteiger partial charge in [0.15, 0.2) is 23.1 Å². The summed E-state index contributed by atoms with van der Waals surface area (Å²) in [6.07, 6.45) is 0. The van der Waals surface area contributed by atoms with Crippen LogP contribution in [0, 0.1) is 11.2 Å². The summed E-state index contributed by atoms with van der Waals surface area (Å²) in [5, 5.41) is 12.0. The van der Waals surface area contributed by atoms with Gasteiger partial charge in [0.05, 0.1) is 38.1 Å². The molecule has 196 valence electrons. The van der Waals surface area contributed by atoms with Crippen molar-refractivity contribution in [3.8, 4) is 17.2 Å². The van der Waals surface area contributed by atoms with Gasteiger partial charge in [0, 0.05) is 23.7 Å². The Morgan fingerprint density at radius 2 is 1.81 bits per heavy atom. The largest absolute Gasteiger partial charge is 0.494 e. The molecule has 0 aliphatic carbocycles. The highest BCUT2D eigenvalue weighted by Gasteiger charge is 2.33. The Kier molecular flexibility index (Phi) is 8.16. The van der Waals surface area contributed by atoms with Crippen LogP contribution in [0.1, 0.15) is 75.5 Å². The second-order valence-corrected chi connectivity index (χ2v) is 10.2. The van der Waals surface area contributed by atoms with Crippen LogP contribution < -0.4 is 19.5 Å². The van der Waals surface area contributed by atoms with E-state index in [-0.39, 0.29) is 54.1 Å². The Balaban J connectivity index is 1.96. The molecule has 0 unspecified atom stereocenters. The number of carbonyl (C=O) groups excluding carboxylic acids is 1. The Morgan fingerprint density at radius 3 is 2.36 bits per heavy atom. The SMILES string of the molecule is CCOc1cc2c(c(F)c1OCC)C(=N)N(CC(=O)c1cc(NC(C)C)c(OC)c(C(C)(C)C)c1)C2. The van der Waals surface area contributed by atoms with E-state index in [4.69, 9.17) is 19.6 Å². The molecular weight excluding hydrogens is 461 g/mol. The van der Waals surface area contributed by atoms with Crippen molar-refractivity contribution in [1.29, 1.82) is 5.41 Å². The van der Waals surface area contributed by atoms with Crippen molar-refractivity contribution >= 4 is 17.3 Å². The van der Waals surface area contributed by atoms with Gasteiger partial charge in [0.25, 0.3) is 0 Å². The Bertz CT molecular complexity index is 1150. The van der Waals surface area contributed by atoms with Gasteiger partial charge in [0.1, 0.15) is 11.6 Å². The number of anilines is 1. The average Bonchev–Trinajstić information content (AvgIpc) is 3.09. The van der Waals surface area contributed by atoms with Crippen molar-refractivity contribution in [2.24, 2.45) is 0 Å². The van der Waals surface area contributed by atoms with Crippen LogP contribution in [0.2, 0.25) is 0 Å². The van der Waals surface area contributed by atoms with Crippen molar-refractivity contribution in [3.63, 3.8) is 0 Å². The first-order chi connectivity index (χ1) is 16.9. The topological polar surface area (TPSA) is 83.9 Å². The number of nitrogens with zero attached hydrogens (tertiary/aromatic N) is 1.